The van der Waals surface area contributed by atoms with Crippen LogP contribution in [0.3, 0.4) is 0 Å². The smallest absolute Gasteiger partial charge is 0.265 e. The Morgan fingerprint density at radius 1 is 1.04 bits per heavy atom. The summed E-state index contributed by atoms with van der Waals surface area (Å²) in [5.41, 5.74) is 3.08. The largest absolute Gasteiger partial charge is 0.485 e. The van der Waals surface area contributed by atoms with E-state index < -0.39 is 17.9 Å². The van der Waals surface area contributed by atoms with Gasteiger partial charge in [-0.05, 0) is 35.9 Å². The molecule has 0 bridgehead atoms. The normalized spacial score (nSPS) is 16.6. The van der Waals surface area contributed by atoms with E-state index in [0.29, 0.717) is 23.0 Å². The van der Waals surface area contributed by atoms with Crippen molar-refractivity contribution >= 4 is 18.0 Å². The summed E-state index contributed by atoms with van der Waals surface area (Å²) in [6.07, 6.45) is 0.649. The lowest BCUT2D eigenvalue weighted by Crippen LogP contribution is -2.46. The third kappa shape index (κ3) is 3.98. The number of nitrogens with zero attached hydrogens (tertiary/aromatic N) is 1. The monoisotopic (exact) mass is 383 g/mol. The SMILES string of the molecule is O=C(CNC(=O)[C@@H]1COc2ccccc2O1)N/N=C/c1ccc2c(c1)OCO2. The first-order valence-electron chi connectivity index (χ1n) is 8.57. The van der Waals surface area contributed by atoms with Crippen molar-refractivity contribution in [2.75, 3.05) is 19.9 Å². The number of hydrogen-bond acceptors (Lipinski definition) is 7. The Bertz CT molecular complexity index is 930. The molecule has 2 amide bonds. The highest BCUT2D eigenvalue weighted by molar-refractivity contribution is 5.88. The van der Waals surface area contributed by atoms with Crippen molar-refractivity contribution in [3.05, 3.63) is 48.0 Å². The molecule has 2 aliphatic rings. The van der Waals surface area contributed by atoms with Gasteiger partial charge >= 0.3 is 0 Å². The third-order valence-corrected chi connectivity index (χ3v) is 4.02. The molecule has 0 saturated carbocycles. The molecule has 9 nitrogen and oxygen atoms in total. The molecule has 2 aromatic carbocycles. The minimum absolute atomic E-state index is 0.0761. The molecule has 0 radical (unpaired) electrons. The third-order valence-electron chi connectivity index (χ3n) is 4.02. The molecular formula is C19H17N3O6. The number of benzene rings is 2. The molecule has 9 heteroatoms. The number of amides is 2. The number of hydrogen-bond donors (Lipinski definition) is 2. The number of hydrazone groups is 1. The van der Waals surface area contributed by atoms with Gasteiger partial charge in [0.1, 0.15) is 6.61 Å². The number of carbonyl (C=O) groups is 2. The summed E-state index contributed by atoms with van der Waals surface area (Å²) in [6, 6.07) is 12.4. The Morgan fingerprint density at radius 3 is 2.71 bits per heavy atom. The zero-order valence-electron chi connectivity index (χ0n) is 14.7. The van der Waals surface area contributed by atoms with Crippen LogP contribution in [0.2, 0.25) is 0 Å². The molecule has 0 saturated heterocycles. The molecular weight excluding hydrogens is 366 g/mol. The lowest BCUT2D eigenvalue weighted by molar-refractivity contribution is -0.132. The topological polar surface area (TPSA) is 107 Å². The van der Waals surface area contributed by atoms with Crippen LogP contribution in [0.5, 0.6) is 23.0 Å². The number of carbonyl (C=O) groups excluding carboxylic acids is 2. The maximum absolute atomic E-state index is 12.2. The average molecular weight is 383 g/mol. The highest BCUT2D eigenvalue weighted by atomic mass is 16.7. The lowest BCUT2D eigenvalue weighted by Gasteiger charge is -2.25. The maximum atomic E-state index is 12.2. The van der Waals surface area contributed by atoms with Crippen molar-refractivity contribution < 1.29 is 28.5 Å². The van der Waals surface area contributed by atoms with E-state index in [-0.39, 0.29) is 19.9 Å². The Morgan fingerprint density at radius 2 is 1.82 bits per heavy atom. The van der Waals surface area contributed by atoms with Crippen LogP contribution in [0.4, 0.5) is 0 Å². The molecule has 2 aromatic rings. The molecule has 0 unspecified atom stereocenters. The molecule has 0 aromatic heterocycles. The second-order valence-electron chi connectivity index (χ2n) is 5.99. The van der Waals surface area contributed by atoms with Crippen LogP contribution in [-0.4, -0.2) is 44.1 Å². The number of rotatable bonds is 5. The first kappa shape index (κ1) is 17.7. The Balaban J connectivity index is 1.23. The number of nitrogens with one attached hydrogen (secondary N) is 2. The van der Waals surface area contributed by atoms with Crippen molar-refractivity contribution in [1.29, 1.82) is 0 Å². The van der Waals surface area contributed by atoms with E-state index in [1.54, 1.807) is 36.4 Å². The van der Waals surface area contributed by atoms with Gasteiger partial charge in [-0.25, -0.2) is 5.43 Å². The van der Waals surface area contributed by atoms with Crippen molar-refractivity contribution in [2.24, 2.45) is 5.10 Å². The predicted octanol–water partition coefficient (Wildman–Crippen LogP) is 0.822. The number of fused-ring (bicyclic) bond motifs is 2. The summed E-state index contributed by atoms with van der Waals surface area (Å²) in [7, 11) is 0. The van der Waals surface area contributed by atoms with Crippen LogP contribution in [0, 0.1) is 0 Å². The van der Waals surface area contributed by atoms with Gasteiger partial charge in [-0.3, -0.25) is 9.59 Å². The summed E-state index contributed by atoms with van der Waals surface area (Å²) in [5.74, 6) is 1.46. The summed E-state index contributed by atoms with van der Waals surface area (Å²) in [6.45, 7) is 0.0270. The lowest BCUT2D eigenvalue weighted by atomic mass is 10.2. The summed E-state index contributed by atoms with van der Waals surface area (Å²) < 4.78 is 21.6. The van der Waals surface area contributed by atoms with Crippen LogP contribution in [0.25, 0.3) is 0 Å². The highest BCUT2D eigenvalue weighted by Crippen LogP contribution is 2.32. The summed E-state index contributed by atoms with van der Waals surface area (Å²) >= 11 is 0. The Kier molecular flexibility index (Phi) is 4.96. The molecule has 28 heavy (non-hydrogen) atoms. The van der Waals surface area contributed by atoms with Crippen molar-refractivity contribution in [3.8, 4) is 23.0 Å². The minimum atomic E-state index is -0.820. The summed E-state index contributed by atoms with van der Waals surface area (Å²) in [4.78, 5) is 24.0. The predicted molar refractivity (Wildman–Crippen MR) is 97.7 cm³/mol. The zero-order valence-corrected chi connectivity index (χ0v) is 14.7. The maximum Gasteiger partial charge on any atom is 0.265 e. The van der Waals surface area contributed by atoms with E-state index >= 15 is 0 Å². The van der Waals surface area contributed by atoms with E-state index in [0.717, 1.165) is 5.56 Å². The average Bonchev–Trinajstić information content (AvgIpc) is 3.19. The molecule has 2 aliphatic heterocycles. The zero-order chi connectivity index (χ0) is 19.3. The van der Waals surface area contributed by atoms with Gasteiger partial charge < -0.3 is 24.3 Å². The van der Waals surface area contributed by atoms with Gasteiger partial charge in [-0.1, -0.05) is 12.1 Å². The molecule has 144 valence electrons. The van der Waals surface area contributed by atoms with E-state index in [4.69, 9.17) is 18.9 Å². The Hall–Kier alpha value is -3.75. The quantitative estimate of drug-likeness (QED) is 0.585. The first-order valence-corrected chi connectivity index (χ1v) is 8.57. The van der Waals surface area contributed by atoms with Crippen LogP contribution < -0.4 is 29.7 Å². The van der Waals surface area contributed by atoms with E-state index in [1.807, 2.05) is 6.07 Å². The fraction of sp³-hybridized carbons (Fsp3) is 0.211. The van der Waals surface area contributed by atoms with Crippen LogP contribution in [-0.2, 0) is 9.59 Å². The highest BCUT2D eigenvalue weighted by Gasteiger charge is 2.27. The van der Waals surface area contributed by atoms with E-state index in [9.17, 15) is 9.59 Å². The van der Waals surface area contributed by atoms with Crippen LogP contribution in [0.15, 0.2) is 47.6 Å². The number of para-hydroxylation sites is 2. The fourth-order valence-corrected chi connectivity index (χ4v) is 2.64. The fourth-order valence-electron chi connectivity index (χ4n) is 2.64. The molecule has 4 rings (SSSR count). The van der Waals surface area contributed by atoms with Crippen LogP contribution in [0.1, 0.15) is 5.56 Å². The van der Waals surface area contributed by atoms with Gasteiger partial charge in [-0.15, -0.1) is 0 Å². The van der Waals surface area contributed by atoms with Crippen molar-refractivity contribution in [1.82, 2.24) is 10.7 Å². The van der Waals surface area contributed by atoms with Crippen molar-refractivity contribution in [2.45, 2.75) is 6.10 Å². The molecule has 2 N–H and O–H groups in total. The van der Waals surface area contributed by atoms with E-state index in [2.05, 4.69) is 15.8 Å². The molecule has 0 spiro atoms. The van der Waals surface area contributed by atoms with Gasteiger partial charge in [0.2, 0.25) is 12.9 Å². The van der Waals surface area contributed by atoms with Gasteiger partial charge in [-0.2, -0.15) is 5.10 Å². The minimum Gasteiger partial charge on any atom is -0.485 e. The number of ether oxygens (including phenoxy) is 4. The molecule has 0 fully saturated rings. The summed E-state index contributed by atoms with van der Waals surface area (Å²) in [5, 5.41) is 6.36. The van der Waals surface area contributed by atoms with Crippen molar-refractivity contribution in [3.63, 3.8) is 0 Å². The van der Waals surface area contributed by atoms with Gasteiger partial charge in [0.25, 0.3) is 11.8 Å². The van der Waals surface area contributed by atoms with Crippen LogP contribution >= 0.6 is 0 Å². The van der Waals surface area contributed by atoms with E-state index in [1.165, 1.54) is 6.21 Å². The standard InChI is InChI=1S/C19H17N3O6/c23-18(22-21-8-12-5-6-14-16(7-12)27-11-26-14)9-20-19(24)17-10-25-13-3-1-2-4-15(13)28-17/h1-8,17H,9-11H2,(H,20,24)(H,22,23)/b21-8+/t17-/m0/s1. The first-order chi connectivity index (χ1) is 13.7. The molecule has 0 aliphatic carbocycles. The molecule has 1 atom stereocenters. The molecule has 2 heterocycles. The van der Waals surface area contributed by atoms with Gasteiger partial charge in [0.15, 0.2) is 23.0 Å². The second-order valence-corrected chi connectivity index (χ2v) is 5.99. The second kappa shape index (κ2) is 7.87. The van der Waals surface area contributed by atoms with Gasteiger partial charge in [0, 0.05) is 0 Å². The Labute approximate surface area is 160 Å². The van der Waals surface area contributed by atoms with Gasteiger partial charge in [0.05, 0.1) is 12.8 Å².